The highest BCUT2D eigenvalue weighted by Crippen LogP contribution is 2.21. The smallest absolute Gasteiger partial charge is 0.434 e. The van der Waals surface area contributed by atoms with Crippen LogP contribution < -0.4 is 0 Å². The third kappa shape index (κ3) is 5.21. The van der Waals surface area contributed by atoms with E-state index in [2.05, 4.69) is 6.92 Å². The Bertz CT molecular complexity index is 335. The summed E-state index contributed by atoms with van der Waals surface area (Å²) >= 11 is 0. The van der Waals surface area contributed by atoms with Crippen LogP contribution in [0, 0.1) is 0 Å². The molecular weight excluding hydrogens is 228 g/mol. The molecule has 0 aromatic heterocycles. The van der Waals surface area contributed by atoms with Crippen molar-refractivity contribution in [2.24, 2.45) is 0 Å². The molecule has 1 rings (SSSR count). The van der Waals surface area contributed by atoms with E-state index in [1.807, 2.05) is 37.3 Å². The van der Waals surface area contributed by atoms with Crippen LogP contribution in [0.5, 0.6) is 0 Å². The van der Waals surface area contributed by atoms with Crippen molar-refractivity contribution in [1.29, 1.82) is 0 Å². The van der Waals surface area contributed by atoms with E-state index in [0.717, 1.165) is 31.2 Å². The second-order valence-electron chi connectivity index (χ2n) is 4.23. The van der Waals surface area contributed by atoms with Gasteiger partial charge in [0.05, 0.1) is 6.61 Å². The summed E-state index contributed by atoms with van der Waals surface area (Å²) in [5, 5.41) is 0. The van der Waals surface area contributed by atoms with Crippen molar-refractivity contribution in [3.63, 3.8) is 0 Å². The van der Waals surface area contributed by atoms with Crippen LogP contribution >= 0.6 is 0 Å². The summed E-state index contributed by atoms with van der Waals surface area (Å²) < 4.78 is 10.3. The van der Waals surface area contributed by atoms with Crippen LogP contribution in [-0.2, 0) is 9.47 Å². The summed E-state index contributed by atoms with van der Waals surface area (Å²) in [6.07, 6.45) is 3.04. The Hall–Kier alpha value is -1.51. The van der Waals surface area contributed by atoms with Crippen molar-refractivity contribution < 1.29 is 14.3 Å². The quantitative estimate of drug-likeness (QED) is 0.528. The van der Waals surface area contributed by atoms with Gasteiger partial charge in [0.2, 0.25) is 0 Å². The van der Waals surface area contributed by atoms with Crippen LogP contribution in [-0.4, -0.2) is 12.8 Å². The number of hydrogen-bond donors (Lipinski definition) is 0. The number of ether oxygens (including phenoxy) is 2. The molecule has 1 atom stereocenters. The predicted octanol–water partition coefficient (Wildman–Crippen LogP) is 4.48. The van der Waals surface area contributed by atoms with Crippen molar-refractivity contribution in [3.8, 4) is 0 Å². The molecule has 1 aromatic carbocycles. The van der Waals surface area contributed by atoms with Gasteiger partial charge in [-0.15, -0.1) is 0 Å². The average Bonchev–Trinajstić information content (AvgIpc) is 2.42. The van der Waals surface area contributed by atoms with E-state index in [9.17, 15) is 4.79 Å². The minimum atomic E-state index is -0.568. The number of carbonyl (C=O) groups is 1. The first kappa shape index (κ1) is 14.6. The van der Waals surface area contributed by atoms with Crippen LogP contribution in [0.1, 0.15) is 51.2 Å². The molecule has 0 aliphatic carbocycles. The lowest BCUT2D eigenvalue weighted by Crippen LogP contribution is -2.13. The summed E-state index contributed by atoms with van der Waals surface area (Å²) in [6, 6.07) is 9.73. The molecule has 0 amide bonds. The molecule has 3 nitrogen and oxygen atoms in total. The van der Waals surface area contributed by atoms with E-state index in [0.29, 0.717) is 6.61 Å². The van der Waals surface area contributed by atoms with E-state index < -0.39 is 6.16 Å². The molecule has 0 aliphatic rings. The van der Waals surface area contributed by atoms with Crippen molar-refractivity contribution in [3.05, 3.63) is 35.9 Å². The maximum atomic E-state index is 11.5. The fraction of sp³-hybridized carbons (Fsp3) is 0.533. The Morgan fingerprint density at radius 2 is 1.89 bits per heavy atom. The number of rotatable bonds is 7. The van der Waals surface area contributed by atoms with Gasteiger partial charge in [-0.2, -0.15) is 0 Å². The molecule has 0 bridgehead atoms. The Morgan fingerprint density at radius 3 is 2.50 bits per heavy atom. The topological polar surface area (TPSA) is 35.5 Å². The lowest BCUT2D eigenvalue weighted by molar-refractivity contribution is 0.0206. The highest BCUT2D eigenvalue weighted by molar-refractivity contribution is 5.60. The van der Waals surface area contributed by atoms with Gasteiger partial charge in [-0.25, -0.2) is 4.79 Å². The fourth-order valence-corrected chi connectivity index (χ4v) is 1.71. The third-order valence-corrected chi connectivity index (χ3v) is 2.75. The van der Waals surface area contributed by atoms with E-state index in [1.54, 1.807) is 0 Å². The maximum absolute atomic E-state index is 11.5. The van der Waals surface area contributed by atoms with Crippen LogP contribution in [0.2, 0.25) is 0 Å². The molecule has 0 N–H and O–H groups in total. The Morgan fingerprint density at radius 1 is 1.17 bits per heavy atom. The molecule has 0 fully saturated rings. The molecule has 18 heavy (non-hydrogen) atoms. The molecule has 100 valence electrons. The summed E-state index contributed by atoms with van der Waals surface area (Å²) in [7, 11) is 0. The van der Waals surface area contributed by atoms with Crippen LogP contribution in [0.3, 0.4) is 0 Å². The first-order chi connectivity index (χ1) is 8.77. The highest BCUT2D eigenvalue weighted by Gasteiger charge is 2.15. The number of unbranched alkanes of at least 4 members (excludes halogenated alkanes) is 2. The predicted molar refractivity (Wildman–Crippen MR) is 71.4 cm³/mol. The molecule has 0 heterocycles. The van der Waals surface area contributed by atoms with Gasteiger partial charge < -0.3 is 9.47 Å². The second kappa shape index (κ2) is 8.56. The summed E-state index contributed by atoms with van der Waals surface area (Å²) in [5.74, 6) is 0. The van der Waals surface area contributed by atoms with Crippen molar-refractivity contribution in [1.82, 2.24) is 0 Å². The van der Waals surface area contributed by atoms with Gasteiger partial charge in [0.25, 0.3) is 0 Å². The van der Waals surface area contributed by atoms with E-state index in [-0.39, 0.29) is 6.10 Å². The van der Waals surface area contributed by atoms with E-state index in [4.69, 9.17) is 9.47 Å². The van der Waals surface area contributed by atoms with Crippen molar-refractivity contribution in [2.75, 3.05) is 6.61 Å². The Labute approximate surface area is 109 Å². The Kier molecular flexibility index (Phi) is 6.92. The zero-order valence-corrected chi connectivity index (χ0v) is 11.2. The molecule has 1 aromatic rings. The first-order valence-corrected chi connectivity index (χ1v) is 6.66. The number of hydrogen-bond acceptors (Lipinski definition) is 3. The molecule has 1 unspecified atom stereocenters. The summed E-state index contributed by atoms with van der Waals surface area (Å²) in [4.78, 5) is 11.5. The minimum Gasteiger partial charge on any atom is -0.434 e. The first-order valence-electron chi connectivity index (χ1n) is 6.66. The summed E-state index contributed by atoms with van der Waals surface area (Å²) in [5.41, 5.74) is 1.01. The molecule has 0 spiro atoms. The van der Waals surface area contributed by atoms with E-state index >= 15 is 0 Å². The van der Waals surface area contributed by atoms with Gasteiger partial charge in [-0.1, -0.05) is 57.0 Å². The fourth-order valence-electron chi connectivity index (χ4n) is 1.71. The lowest BCUT2D eigenvalue weighted by Gasteiger charge is -2.16. The molecule has 0 saturated heterocycles. The zero-order chi connectivity index (χ0) is 13.2. The number of carbonyl (C=O) groups excluding carboxylic acids is 1. The average molecular weight is 250 g/mol. The monoisotopic (exact) mass is 250 g/mol. The molecule has 0 saturated carbocycles. The van der Waals surface area contributed by atoms with Gasteiger partial charge in [-0.3, -0.25) is 0 Å². The zero-order valence-electron chi connectivity index (χ0n) is 11.2. The maximum Gasteiger partial charge on any atom is 0.508 e. The minimum absolute atomic E-state index is 0.218. The normalized spacial score (nSPS) is 11.9. The largest absolute Gasteiger partial charge is 0.508 e. The highest BCUT2D eigenvalue weighted by atomic mass is 16.7. The third-order valence-electron chi connectivity index (χ3n) is 2.75. The van der Waals surface area contributed by atoms with Crippen LogP contribution in [0.25, 0.3) is 0 Å². The lowest BCUT2D eigenvalue weighted by atomic mass is 10.1. The Balaban J connectivity index is 2.37. The van der Waals surface area contributed by atoms with Gasteiger partial charge in [0, 0.05) is 0 Å². The molecule has 0 radical (unpaired) electrons. The number of benzene rings is 1. The van der Waals surface area contributed by atoms with Gasteiger partial charge in [-0.05, 0) is 18.4 Å². The SMILES string of the molecule is CCCCCOC(=O)OC(CC)c1ccccc1. The van der Waals surface area contributed by atoms with Crippen LogP contribution in [0.4, 0.5) is 4.79 Å². The van der Waals surface area contributed by atoms with E-state index in [1.165, 1.54) is 0 Å². The van der Waals surface area contributed by atoms with Crippen LogP contribution in [0.15, 0.2) is 30.3 Å². The molecule has 3 heteroatoms. The molecular formula is C15H22O3. The molecule has 0 aliphatic heterocycles. The van der Waals surface area contributed by atoms with Gasteiger partial charge in [0.15, 0.2) is 0 Å². The van der Waals surface area contributed by atoms with Gasteiger partial charge >= 0.3 is 6.16 Å². The van der Waals surface area contributed by atoms with Crippen molar-refractivity contribution >= 4 is 6.16 Å². The standard InChI is InChI=1S/C15H22O3/c1-3-5-9-12-17-15(16)18-14(4-2)13-10-7-6-8-11-13/h6-8,10-11,14H,3-5,9,12H2,1-2H3. The van der Waals surface area contributed by atoms with Crippen molar-refractivity contribution in [2.45, 2.75) is 45.6 Å². The second-order valence-corrected chi connectivity index (χ2v) is 4.23. The van der Waals surface area contributed by atoms with Gasteiger partial charge in [0.1, 0.15) is 6.10 Å². The summed E-state index contributed by atoms with van der Waals surface area (Å²) in [6.45, 7) is 4.54.